The van der Waals surface area contributed by atoms with Crippen LogP contribution in [-0.2, 0) is 7.05 Å². The molecule has 0 aromatic carbocycles. The fourth-order valence-electron chi connectivity index (χ4n) is 2.21. The first-order valence-electron chi connectivity index (χ1n) is 5.37. The number of aromatic nitrogens is 3. The van der Waals surface area contributed by atoms with Gasteiger partial charge in [-0.25, -0.2) is 9.97 Å². The molecule has 0 N–H and O–H groups in total. The molecule has 0 aliphatic carbocycles. The van der Waals surface area contributed by atoms with E-state index in [-0.39, 0.29) is 0 Å². The Hall–Kier alpha value is -1.58. The molecule has 4 nitrogen and oxygen atoms in total. The number of anilines is 1. The second-order valence-electron chi connectivity index (χ2n) is 4.05. The van der Waals surface area contributed by atoms with Gasteiger partial charge in [0.15, 0.2) is 5.82 Å². The van der Waals surface area contributed by atoms with Crippen molar-refractivity contribution < 1.29 is 0 Å². The third-order valence-corrected chi connectivity index (χ3v) is 3.03. The van der Waals surface area contributed by atoms with E-state index in [4.69, 9.17) is 0 Å². The van der Waals surface area contributed by atoms with Crippen LogP contribution in [0.3, 0.4) is 0 Å². The third kappa shape index (κ3) is 1.28. The van der Waals surface area contributed by atoms with Gasteiger partial charge < -0.3 is 9.47 Å². The summed E-state index contributed by atoms with van der Waals surface area (Å²) >= 11 is 0. The summed E-state index contributed by atoms with van der Waals surface area (Å²) in [6, 6.07) is 2.02. The zero-order valence-electron chi connectivity index (χ0n) is 8.85. The van der Waals surface area contributed by atoms with Crippen LogP contribution >= 0.6 is 0 Å². The highest BCUT2D eigenvalue weighted by molar-refractivity contribution is 5.86. The number of aryl methyl sites for hydroxylation is 1. The normalized spacial score (nSPS) is 16.5. The van der Waals surface area contributed by atoms with Gasteiger partial charge in [0.1, 0.15) is 5.52 Å². The summed E-state index contributed by atoms with van der Waals surface area (Å²) in [5, 5.41) is 0. The SMILES string of the molecule is Cn1cnc2c(N3CCCC3)nccc21. The molecule has 0 saturated carbocycles. The van der Waals surface area contributed by atoms with Crippen LogP contribution in [-0.4, -0.2) is 27.6 Å². The van der Waals surface area contributed by atoms with Crippen LogP contribution in [0.1, 0.15) is 12.8 Å². The fourth-order valence-corrected chi connectivity index (χ4v) is 2.21. The van der Waals surface area contributed by atoms with Gasteiger partial charge in [-0.3, -0.25) is 0 Å². The van der Waals surface area contributed by atoms with E-state index in [1.54, 1.807) is 0 Å². The van der Waals surface area contributed by atoms with Gasteiger partial charge in [-0.2, -0.15) is 0 Å². The molecule has 3 rings (SSSR count). The van der Waals surface area contributed by atoms with Crippen molar-refractivity contribution in [3.05, 3.63) is 18.6 Å². The summed E-state index contributed by atoms with van der Waals surface area (Å²) in [4.78, 5) is 11.2. The lowest BCUT2D eigenvalue weighted by molar-refractivity contribution is 0.941. The van der Waals surface area contributed by atoms with Gasteiger partial charge in [0, 0.05) is 26.3 Å². The van der Waals surface area contributed by atoms with Gasteiger partial charge >= 0.3 is 0 Å². The number of fused-ring (bicyclic) bond motifs is 1. The molecule has 0 spiro atoms. The average molecular weight is 202 g/mol. The van der Waals surface area contributed by atoms with Crippen molar-refractivity contribution in [1.29, 1.82) is 0 Å². The van der Waals surface area contributed by atoms with Gasteiger partial charge in [0.05, 0.1) is 11.8 Å². The standard InChI is InChI=1S/C11H14N4/c1-14-8-13-10-9(14)4-5-12-11(10)15-6-2-3-7-15/h4-5,8H,2-3,6-7H2,1H3. The van der Waals surface area contributed by atoms with Crippen LogP contribution in [0.4, 0.5) is 5.82 Å². The maximum absolute atomic E-state index is 4.45. The number of hydrogen-bond acceptors (Lipinski definition) is 3. The summed E-state index contributed by atoms with van der Waals surface area (Å²) in [7, 11) is 2.02. The van der Waals surface area contributed by atoms with Crippen LogP contribution in [0.25, 0.3) is 11.0 Å². The van der Waals surface area contributed by atoms with Crippen molar-refractivity contribution in [2.24, 2.45) is 7.05 Å². The fraction of sp³-hybridized carbons (Fsp3) is 0.455. The summed E-state index contributed by atoms with van der Waals surface area (Å²) in [5.41, 5.74) is 2.19. The van der Waals surface area contributed by atoms with E-state index in [0.29, 0.717) is 0 Å². The largest absolute Gasteiger partial charge is 0.355 e. The van der Waals surface area contributed by atoms with Crippen molar-refractivity contribution in [3.63, 3.8) is 0 Å². The Morgan fingerprint density at radius 1 is 1.20 bits per heavy atom. The Kier molecular flexibility index (Phi) is 1.87. The maximum atomic E-state index is 4.45. The van der Waals surface area contributed by atoms with E-state index in [2.05, 4.69) is 14.9 Å². The summed E-state index contributed by atoms with van der Waals surface area (Å²) in [5.74, 6) is 1.05. The first kappa shape index (κ1) is 8.71. The molecule has 0 bridgehead atoms. The van der Waals surface area contributed by atoms with Crippen LogP contribution in [0.5, 0.6) is 0 Å². The summed E-state index contributed by atoms with van der Waals surface area (Å²) in [6.07, 6.45) is 6.26. The molecular weight excluding hydrogens is 188 g/mol. The molecule has 2 aromatic heterocycles. The summed E-state index contributed by atoms with van der Waals surface area (Å²) in [6.45, 7) is 2.23. The maximum Gasteiger partial charge on any atom is 0.156 e. The van der Waals surface area contributed by atoms with Crippen molar-refractivity contribution in [1.82, 2.24) is 14.5 Å². The van der Waals surface area contributed by atoms with Crippen molar-refractivity contribution >= 4 is 16.9 Å². The molecule has 1 saturated heterocycles. The molecule has 1 aliphatic rings. The molecule has 78 valence electrons. The lowest BCUT2D eigenvalue weighted by Gasteiger charge is -2.16. The summed E-state index contributed by atoms with van der Waals surface area (Å²) < 4.78 is 2.04. The Balaban J connectivity index is 2.17. The highest BCUT2D eigenvalue weighted by Gasteiger charge is 2.17. The number of pyridine rings is 1. The Bertz CT molecular complexity index is 482. The second kappa shape index (κ2) is 3.22. The molecule has 2 aromatic rings. The Labute approximate surface area is 88.6 Å². The number of imidazole rings is 1. The minimum Gasteiger partial charge on any atom is -0.355 e. The van der Waals surface area contributed by atoms with E-state index in [1.165, 1.54) is 12.8 Å². The topological polar surface area (TPSA) is 34.0 Å². The molecule has 0 radical (unpaired) electrons. The van der Waals surface area contributed by atoms with Crippen LogP contribution < -0.4 is 4.90 Å². The van der Waals surface area contributed by atoms with Crippen LogP contribution in [0.15, 0.2) is 18.6 Å². The molecular formula is C11H14N4. The van der Waals surface area contributed by atoms with E-state index < -0.39 is 0 Å². The van der Waals surface area contributed by atoms with Crippen molar-refractivity contribution in [3.8, 4) is 0 Å². The van der Waals surface area contributed by atoms with Crippen molar-refractivity contribution in [2.75, 3.05) is 18.0 Å². The van der Waals surface area contributed by atoms with E-state index in [1.807, 2.05) is 30.2 Å². The zero-order chi connectivity index (χ0) is 10.3. The highest BCUT2D eigenvalue weighted by Crippen LogP contribution is 2.25. The number of rotatable bonds is 1. The molecule has 15 heavy (non-hydrogen) atoms. The van der Waals surface area contributed by atoms with Gasteiger partial charge in [-0.05, 0) is 18.9 Å². The van der Waals surface area contributed by atoms with E-state index in [9.17, 15) is 0 Å². The first-order chi connectivity index (χ1) is 7.36. The molecule has 0 amide bonds. The van der Waals surface area contributed by atoms with Gasteiger partial charge in [-0.15, -0.1) is 0 Å². The van der Waals surface area contributed by atoms with Crippen LogP contribution in [0.2, 0.25) is 0 Å². The van der Waals surface area contributed by atoms with E-state index in [0.717, 1.165) is 29.9 Å². The Morgan fingerprint density at radius 3 is 2.80 bits per heavy atom. The van der Waals surface area contributed by atoms with E-state index >= 15 is 0 Å². The van der Waals surface area contributed by atoms with Gasteiger partial charge in [-0.1, -0.05) is 0 Å². The predicted molar refractivity (Wildman–Crippen MR) is 60.0 cm³/mol. The third-order valence-electron chi connectivity index (χ3n) is 3.03. The van der Waals surface area contributed by atoms with Gasteiger partial charge in [0.2, 0.25) is 0 Å². The average Bonchev–Trinajstić information content (AvgIpc) is 2.88. The Morgan fingerprint density at radius 2 is 2.00 bits per heavy atom. The molecule has 3 heterocycles. The number of hydrogen-bond donors (Lipinski definition) is 0. The second-order valence-corrected chi connectivity index (χ2v) is 4.05. The zero-order valence-corrected chi connectivity index (χ0v) is 8.85. The van der Waals surface area contributed by atoms with Crippen molar-refractivity contribution in [2.45, 2.75) is 12.8 Å². The first-order valence-corrected chi connectivity index (χ1v) is 5.37. The minimum absolute atomic E-state index is 1.03. The van der Waals surface area contributed by atoms with Crippen LogP contribution in [0, 0.1) is 0 Å². The smallest absolute Gasteiger partial charge is 0.156 e. The van der Waals surface area contributed by atoms with Gasteiger partial charge in [0.25, 0.3) is 0 Å². The number of nitrogens with zero attached hydrogens (tertiary/aromatic N) is 4. The predicted octanol–water partition coefficient (Wildman–Crippen LogP) is 1.57. The molecule has 0 unspecified atom stereocenters. The quantitative estimate of drug-likeness (QED) is 0.704. The monoisotopic (exact) mass is 202 g/mol. The molecule has 0 atom stereocenters. The molecule has 1 fully saturated rings. The minimum atomic E-state index is 1.03. The molecule has 4 heteroatoms. The highest BCUT2D eigenvalue weighted by atomic mass is 15.2. The lowest BCUT2D eigenvalue weighted by Crippen LogP contribution is -2.19. The molecule has 1 aliphatic heterocycles. The lowest BCUT2D eigenvalue weighted by atomic mass is 10.3.